The van der Waals surface area contributed by atoms with Crippen molar-refractivity contribution in [1.82, 2.24) is 10.6 Å². The average molecular weight is 452 g/mol. The second-order valence-corrected chi connectivity index (χ2v) is 8.16. The maximum Gasteiger partial charge on any atom is 0.323 e. The quantitative estimate of drug-likeness (QED) is 0.341. The standard InChI is InChI=1S/C21H29N3O6S/c1-3-30-21(29)15(8-6-7-11-22-14(2)25)23-16-13-31-18-10-5-4-9-17(18)24(20(16)28)12-19(26)27/h4-5,9-10,15-16,23H,3,6-8,11-13H2,1-2H3,(H,22,25)(H,26,27)/t15-,16?/m1/s1. The summed E-state index contributed by atoms with van der Waals surface area (Å²) >= 11 is 1.44. The fraction of sp³-hybridized carbons (Fsp3) is 0.524. The van der Waals surface area contributed by atoms with Gasteiger partial charge >= 0.3 is 11.9 Å². The van der Waals surface area contributed by atoms with E-state index >= 15 is 0 Å². The Kier molecular flexibility index (Phi) is 9.80. The predicted molar refractivity (Wildman–Crippen MR) is 117 cm³/mol. The Hall–Kier alpha value is -2.59. The highest BCUT2D eigenvalue weighted by Crippen LogP contribution is 2.34. The molecule has 1 unspecified atom stereocenters. The predicted octanol–water partition coefficient (Wildman–Crippen LogP) is 1.41. The van der Waals surface area contributed by atoms with E-state index in [1.165, 1.54) is 23.6 Å². The maximum absolute atomic E-state index is 13.2. The molecule has 0 aromatic heterocycles. The molecule has 1 aliphatic rings. The lowest BCUT2D eigenvalue weighted by Gasteiger charge is -2.27. The molecule has 1 aromatic carbocycles. The van der Waals surface area contributed by atoms with E-state index in [1.54, 1.807) is 19.1 Å². The fourth-order valence-corrected chi connectivity index (χ4v) is 4.35. The number of fused-ring (bicyclic) bond motifs is 1. The van der Waals surface area contributed by atoms with Gasteiger partial charge in [-0.3, -0.25) is 29.4 Å². The summed E-state index contributed by atoms with van der Waals surface area (Å²) in [7, 11) is 0. The van der Waals surface area contributed by atoms with Crippen LogP contribution in [0.2, 0.25) is 0 Å². The van der Waals surface area contributed by atoms with Gasteiger partial charge in [0.25, 0.3) is 0 Å². The van der Waals surface area contributed by atoms with Crippen molar-refractivity contribution in [2.75, 3.05) is 30.3 Å². The molecule has 0 aliphatic carbocycles. The molecule has 170 valence electrons. The smallest absolute Gasteiger partial charge is 0.323 e. The van der Waals surface area contributed by atoms with Gasteiger partial charge in [-0.1, -0.05) is 12.1 Å². The number of hydrogen-bond acceptors (Lipinski definition) is 7. The molecule has 2 amide bonds. The van der Waals surface area contributed by atoms with E-state index in [1.807, 2.05) is 12.1 Å². The van der Waals surface area contributed by atoms with Crippen molar-refractivity contribution in [2.24, 2.45) is 0 Å². The van der Waals surface area contributed by atoms with Crippen LogP contribution in [0.15, 0.2) is 29.2 Å². The van der Waals surface area contributed by atoms with Gasteiger partial charge in [0.15, 0.2) is 0 Å². The number of rotatable bonds is 11. The van der Waals surface area contributed by atoms with Crippen molar-refractivity contribution in [1.29, 1.82) is 0 Å². The van der Waals surface area contributed by atoms with Crippen molar-refractivity contribution in [3.05, 3.63) is 24.3 Å². The van der Waals surface area contributed by atoms with Crippen LogP contribution in [0.1, 0.15) is 33.1 Å². The number of carbonyl (C=O) groups is 4. The van der Waals surface area contributed by atoms with Gasteiger partial charge in [0.2, 0.25) is 11.8 Å². The van der Waals surface area contributed by atoms with E-state index < -0.39 is 36.5 Å². The Morgan fingerprint density at radius 1 is 1.29 bits per heavy atom. The number of benzene rings is 1. The van der Waals surface area contributed by atoms with Crippen LogP contribution >= 0.6 is 11.8 Å². The van der Waals surface area contributed by atoms with Crippen LogP contribution in [0.4, 0.5) is 5.69 Å². The molecule has 1 heterocycles. The third kappa shape index (κ3) is 7.55. The minimum Gasteiger partial charge on any atom is -0.480 e. The average Bonchev–Trinajstić information content (AvgIpc) is 2.84. The Balaban J connectivity index is 2.13. The zero-order valence-corrected chi connectivity index (χ0v) is 18.6. The number of carboxylic acids is 1. The summed E-state index contributed by atoms with van der Waals surface area (Å²) < 4.78 is 5.16. The number of unbranched alkanes of at least 4 members (excludes halogenated alkanes) is 1. The van der Waals surface area contributed by atoms with Gasteiger partial charge in [0.1, 0.15) is 12.6 Å². The zero-order valence-electron chi connectivity index (χ0n) is 17.8. The van der Waals surface area contributed by atoms with Crippen molar-refractivity contribution in [3.8, 4) is 0 Å². The van der Waals surface area contributed by atoms with Crippen LogP contribution < -0.4 is 15.5 Å². The van der Waals surface area contributed by atoms with E-state index in [0.717, 1.165) is 4.90 Å². The van der Waals surface area contributed by atoms with E-state index in [4.69, 9.17) is 4.74 Å². The number of esters is 1. The monoisotopic (exact) mass is 451 g/mol. The minimum absolute atomic E-state index is 0.112. The zero-order chi connectivity index (χ0) is 22.8. The number of anilines is 1. The lowest BCUT2D eigenvalue weighted by molar-refractivity contribution is -0.146. The third-order valence-corrected chi connectivity index (χ3v) is 5.84. The molecule has 0 bridgehead atoms. The number of ether oxygens (including phenoxy) is 1. The summed E-state index contributed by atoms with van der Waals surface area (Å²) in [5.41, 5.74) is 0.548. The number of para-hydroxylation sites is 1. The minimum atomic E-state index is -1.12. The van der Waals surface area contributed by atoms with Crippen LogP contribution in [0.25, 0.3) is 0 Å². The van der Waals surface area contributed by atoms with Crippen molar-refractivity contribution >= 4 is 41.2 Å². The second kappa shape index (κ2) is 12.3. The first-order chi connectivity index (χ1) is 14.8. The molecule has 1 aliphatic heterocycles. The maximum atomic E-state index is 13.2. The summed E-state index contributed by atoms with van der Waals surface area (Å²) in [5, 5.41) is 15.1. The third-order valence-electron chi connectivity index (χ3n) is 4.69. The van der Waals surface area contributed by atoms with Gasteiger partial charge < -0.3 is 15.2 Å². The van der Waals surface area contributed by atoms with Crippen molar-refractivity contribution < 1.29 is 29.0 Å². The Labute approximate surface area is 185 Å². The normalized spacial score (nSPS) is 16.8. The summed E-state index contributed by atoms with van der Waals surface area (Å²) in [5.74, 6) is -1.72. The molecule has 3 N–H and O–H groups in total. The second-order valence-electron chi connectivity index (χ2n) is 7.10. The number of nitrogens with zero attached hydrogens (tertiary/aromatic N) is 1. The number of amides is 2. The van der Waals surface area contributed by atoms with E-state index in [2.05, 4.69) is 10.6 Å². The van der Waals surface area contributed by atoms with Crippen LogP contribution in [0.5, 0.6) is 0 Å². The lowest BCUT2D eigenvalue weighted by Crippen LogP contribution is -2.54. The molecule has 0 radical (unpaired) electrons. The highest BCUT2D eigenvalue weighted by Gasteiger charge is 2.34. The summed E-state index contributed by atoms with van der Waals surface area (Å²) in [6.45, 7) is 3.41. The number of carbonyl (C=O) groups excluding carboxylic acids is 3. The van der Waals surface area contributed by atoms with Crippen LogP contribution in [0.3, 0.4) is 0 Å². The fourth-order valence-electron chi connectivity index (χ4n) is 3.26. The molecule has 31 heavy (non-hydrogen) atoms. The number of nitrogens with one attached hydrogen (secondary N) is 2. The van der Waals surface area contributed by atoms with Gasteiger partial charge in [-0.15, -0.1) is 11.8 Å². The molecule has 10 heteroatoms. The van der Waals surface area contributed by atoms with E-state index in [9.17, 15) is 24.3 Å². The topological polar surface area (TPSA) is 125 Å². The highest BCUT2D eigenvalue weighted by molar-refractivity contribution is 7.99. The molecule has 0 saturated carbocycles. The number of aliphatic carboxylic acids is 1. The van der Waals surface area contributed by atoms with Crippen LogP contribution in [-0.4, -0.2) is 66.4 Å². The molecule has 0 fully saturated rings. The Morgan fingerprint density at radius 3 is 2.71 bits per heavy atom. The van der Waals surface area contributed by atoms with Gasteiger partial charge in [-0.25, -0.2) is 0 Å². The molecule has 2 rings (SSSR count). The number of hydrogen-bond donors (Lipinski definition) is 3. The molecule has 1 aromatic rings. The van der Waals surface area contributed by atoms with Crippen molar-refractivity contribution in [3.63, 3.8) is 0 Å². The summed E-state index contributed by atoms with van der Waals surface area (Å²) in [6.07, 6.45) is 1.75. The van der Waals surface area contributed by atoms with Gasteiger partial charge in [0.05, 0.1) is 18.3 Å². The van der Waals surface area contributed by atoms with E-state index in [-0.39, 0.29) is 12.5 Å². The molecule has 0 saturated heterocycles. The number of thioether (sulfide) groups is 1. The molecular weight excluding hydrogens is 422 g/mol. The SMILES string of the molecule is CCOC(=O)[C@@H](CCCCNC(C)=O)NC1CSc2ccccc2N(CC(=O)O)C1=O. The molecule has 0 spiro atoms. The van der Waals surface area contributed by atoms with Gasteiger partial charge in [0, 0.05) is 24.1 Å². The molecular formula is C21H29N3O6S. The first-order valence-corrected chi connectivity index (χ1v) is 11.2. The first kappa shape index (κ1) is 24.7. The summed E-state index contributed by atoms with van der Waals surface area (Å²) in [4.78, 5) is 50.1. The lowest BCUT2D eigenvalue weighted by atomic mass is 10.1. The van der Waals surface area contributed by atoms with Crippen LogP contribution in [0, 0.1) is 0 Å². The van der Waals surface area contributed by atoms with Crippen molar-refractivity contribution in [2.45, 2.75) is 50.1 Å². The van der Waals surface area contributed by atoms with Gasteiger partial charge in [-0.05, 0) is 38.3 Å². The number of carboxylic acid groups (broad SMARTS) is 1. The largest absolute Gasteiger partial charge is 0.480 e. The van der Waals surface area contributed by atoms with E-state index in [0.29, 0.717) is 37.2 Å². The molecule has 9 nitrogen and oxygen atoms in total. The summed E-state index contributed by atoms with van der Waals surface area (Å²) in [6, 6.07) is 5.69. The Bertz CT molecular complexity index is 803. The Morgan fingerprint density at radius 2 is 2.03 bits per heavy atom. The van der Waals surface area contributed by atoms with Crippen LogP contribution in [-0.2, 0) is 23.9 Å². The highest BCUT2D eigenvalue weighted by atomic mass is 32.2. The van der Waals surface area contributed by atoms with Gasteiger partial charge in [-0.2, -0.15) is 0 Å². The molecule has 2 atom stereocenters. The first-order valence-electron chi connectivity index (χ1n) is 10.3.